The molecule has 1 saturated carbocycles. The van der Waals surface area contributed by atoms with E-state index in [1.165, 1.54) is 38.1 Å². The SMILES string of the molecule is CSCCCNCC1(SC)CC1. The summed E-state index contributed by atoms with van der Waals surface area (Å²) in [6.07, 6.45) is 8.56. The van der Waals surface area contributed by atoms with E-state index < -0.39 is 0 Å². The van der Waals surface area contributed by atoms with Crippen LogP contribution in [0.5, 0.6) is 0 Å². The third-order valence-corrected chi connectivity index (χ3v) is 4.51. The van der Waals surface area contributed by atoms with Crippen LogP contribution in [-0.2, 0) is 0 Å². The molecule has 0 heterocycles. The summed E-state index contributed by atoms with van der Waals surface area (Å²) in [4.78, 5) is 0. The van der Waals surface area contributed by atoms with Gasteiger partial charge in [0.05, 0.1) is 0 Å². The summed E-state index contributed by atoms with van der Waals surface area (Å²) in [6.45, 7) is 2.42. The highest BCUT2D eigenvalue weighted by molar-refractivity contribution is 8.00. The van der Waals surface area contributed by atoms with E-state index in [0.717, 1.165) is 0 Å². The molecular weight excluding hydrogens is 186 g/mol. The summed E-state index contributed by atoms with van der Waals surface area (Å²) < 4.78 is 0.638. The van der Waals surface area contributed by atoms with E-state index >= 15 is 0 Å². The van der Waals surface area contributed by atoms with Crippen LogP contribution in [0.15, 0.2) is 0 Å². The van der Waals surface area contributed by atoms with Crippen molar-refractivity contribution in [1.29, 1.82) is 0 Å². The average Bonchev–Trinajstić information content (AvgIpc) is 2.85. The van der Waals surface area contributed by atoms with Crippen molar-refractivity contribution in [3.63, 3.8) is 0 Å². The van der Waals surface area contributed by atoms with E-state index in [1.54, 1.807) is 0 Å². The molecule has 0 aromatic carbocycles. The molecule has 0 spiro atoms. The van der Waals surface area contributed by atoms with Crippen molar-refractivity contribution in [3.05, 3.63) is 0 Å². The predicted octanol–water partition coefficient (Wildman–Crippen LogP) is 2.22. The maximum atomic E-state index is 3.54. The molecule has 3 heteroatoms. The molecule has 0 aliphatic heterocycles. The molecule has 1 nitrogen and oxygen atoms in total. The van der Waals surface area contributed by atoms with Crippen LogP contribution in [0.1, 0.15) is 19.3 Å². The van der Waals surface area contributed by atoms with E-state index in [0.29, 0.717) is 4.75 Å². The molecule has 1 aliphatic rings. The Kier molecular flexibility index (Phi) is 4.84. The fourth-order valence-corrected chi connectivity index (χ4v) is 2.44. The Balaban J connectivity index is 1.89. The van der Waals surface area contributed by atoms with Gasteiger partial charge in [-0.3, -0.25) is 0 Å². The molecule has 0 aromatic rings. The molecule has 1 aliphatic carbocycles. The quantitative estimate of drug-likeness (QED) is 0.640. The minimum atomic E-state index is 0.638. The lowest BCUT2D eigenvalue weighted by atomic mass is 10.4. The van der Waals surface area contributed by atoms with Crippen LogP contribution < -0.4 is 5.32 Å². The second kappa shape index (κ2) is 5.40. The maximum absolute atomic E-state index is 3.54. The standard InChI is InChI=1S/C9H19NS2/c1-11-7-3-6-10-8-9(12-2)4-5-9/h10H,3-8H2,1-2H3. The first-order chi connectivity index (χ1) is 5.83. The van der Waals surface area contributed by atoms with Crippen molar-refractivity contribution in [2.45, 2.75) is 24.0 Å². The molecular formula is C9H19NS2. The molecule has 0 radical (unpaired) electrons. The molecule has 0 aromatic heterocycles. The van der Waals surface area contributed by atoms with Gasteiger partial charge in [0.1, 0.15) is 0 Å². The molecule has 1 fully saturated rings. The molecule has 0 amide bonds. The van der Waals surface area contributed by atoms with Gasteiger partial charge in [-0.05, 0) is 44.1 Å². The molecule has 0 bridgehead atoms. The predicted molar refractivity (Wildman–Crippen MR) is 61.3 cm³/mol. The van der Waals surface area contributed by atoms with E-state index in [1.807, 2.05) is 23.5 Å². The van der Waals surface area contributed by atoms with Gasteiger partial charge in [0.2, 0.25) is 0 Å². The third kappa shape index (κ3) is 3.58. The summed E-state index contributed by atoms with van der Waals surface area (Å²) in [7, 11) is 0. The van der Waals surface area contributed by atoms with Crippen molar-refractivity contribution in [3.8, 4) is 0 Å². The average molecular weight is 205 g/mol. The van der Waals surface area contributed by atoms with Crippen LogP contribution in [0, 0.1) is 0 Å². The Morgan fingerprint density at radius 1 is 1.33 bits per heavy atom. The molecule has 1 rings (SSSR count). The van der Waals surface area contributed by atoms with Gasteiger partial charge in [-0.2, -0.15) is 23.5 Å². The van der Waals surface area contributed by atoms with Crippen LogP contribution in [0.3, 0.4) is 0 Å². The van der Waals surface area contributed by atoms with Crippen molar-refractivity contribution < 1.29 is 0 Å². The topological polar surface area (TPSA) is 12.0 Å². The normalized spacial score (nSPS) is 19.5. The number of thioether (sulfide) groups is 2. The van der Waals surface area contributed by atoms with Crippen molar-refractivity contribution in [1.82, 2.24) is 5.32 Å². The molecule has 12 heavy (non-hydrogen) atoms. The molecule has 72 valence electrons. The zero-order valence-electron chi connectivity index (χ0n) is 8.06. The smallest absolute Gasteiger partial charge is 0.0282 e. The second-order valence-corrected chi connectivity index (χ2v) is 5.67. The summed E-state index contributed by atoms with van der Waals surface area (Å²) in [6, 6.07) is 0. The summed E-state index contributed by atoms with van der Waals surface area (Å²) in [5, 5.41) is 3.54. The highest BCUT2D eigenvalue weighted by atomic mass is 32.2. The minimum Gasteiger partial charge on any atom is -0.315 e. The lowest BCUT2D eigenvalue weighted by Gasteiger charge is -2.12. The van der Waals surface area contributed by atoms with Gasteiger partial charge in [-0.1, -0.05) is 0 Å². The monoisotopic (exact) mass is 205 g/mol. The lowest BCUT2D eigenvalue weighted by Crippen LogP contribution is -2.26. The number of nitrogens with one attached hydrogen (secondary N) is 1. The van der Waals surface area contributed by atoms with Gasteiger partial charge in [-0.25, -0.2) is 0 Å². The van der Waals surface area contributed by atoms with Gasteiger partial charge in [0.15, 0.2) is 0 Å². The fourth-order valence-electron chi connectivity index (χ4n) is 1.25. The minimum absolute atomic E-state index is 0.638. The maximum Gasteiger partial charge on any atom is 0.0282 e. The molecule has 0 unspecified atom stereocenters. The summed E-state index contributed by atoms with van der Waals surface area (Å²) >= 11 is 3.97. The van der Waals surface area contributed by atoms with Crippen LogP contribution in [0.25, 0.3) is 0 Å². The Bertz CT molecular complexity index is 124. The lowest BCUT2D eigenvalue weighted by molar-refractivity contribution is 0.654. The first-order valence-corrected chi connectivity index (χ1v) is 7.20. The first kappa shape index (κ1) is 10.7. The van der Waals surface area contributed by atoms with Gasteiger partial charge in [-0.15, -0.1) is 0 Å². The molecule has 1 N–H and O–H groups in total. The Hall–Kier alpha value is 0.660. The Labute approximate surface area is 84.4 Å². The van der Waals surface area contributed by atoms with Crippen LogP contribution in [0.2, 0.25) is 0 Å². The zero-order chi connectivity index (χ0) is 8.86. The van der Waals surface area contributed by atoms with Gasteiger partial charge < -0.3 is 5.32 Å². The Morgan fingerprint density at radius 3 is 2.58 bits per heavy atom. The van der Waals surface area contributed by atoms with E-state index in [4.69, 9.17) is 0 Å². The summed E-state index contributed by atoms with van der Waals surface area (Å²) in [5.41, 5.74) is 0. The van der Waals surface area contributed by atoms with Gasteiger partial charge in [0, 0.05) is 11.3 Å². The van der Waals surface area contributed by atoms with Crippen molar-refractivity contribution >= 4 is 23.5 Å². The van der Waals surface area contributed by atoms with Gasteiger partial charge >= 0.3 is 0 Å². The van der Waals surface area contributed by atoms with Crippen molar-refractivity contribution in [2.24, 2.45) is 0 Å². The largest absolute Gasteiger partial charge is 0.315 e. The van der Waals surface area contributed by atoms with Crippen LogP contribution in [-0.4, -0.2) is 36.1 Å². The van der Waals surface area contributed by atoms with Gasteiger partial charge in [0.25, 0.3) is 0 Å². The van der Waals surface area contributed by atoms with E-state index in [2.05, 4.69) is 17.8 Å². The van der Waals surface area contributed by atoms with Crippen LogP contribution >= 0.6 is 23.5 Å². The highest BCUT2D eigenvalue weighted by Gasteiger charge is 2.41. The highest BCUT2D eigenvalue weighted by Crippen LogP contribution is 2.46. The fraction of sp³-hybridized carbons (Fsp3) is 1.00. The van der Waals surface area contributed by atoms with Crippen molar-refractivity contribution in [2.75, 3.05) is 31.4 Å². The number of hydrogen-bond acceptors (Lipinski definition) is 3. The zero-order valence-corrected chi connectivity index (χ0v) is 9.69. The first-order valence-electron chi connectivity index (χ1n) is 4.58. The number of rotatable bonds is 7. The molecule has 0 saturated heterocycles. The van der Waals surface area contributed by atoms with E-state index in [-0.39, 0.29) is 0 Å². The Morgan fingerprint density at radius 2 is 2.08 bits per heavy atom. The van der Waals surface area contributed by atoms with Crippen LogP contribution in [0.4, 0.5) is 0 Å². The number of hydrogen-bond donors (Lipinski definition) is 1. The van der Waals surface area contributed by atoms with E-state index in [9.17, 15) is 0 Å². The second-order valence-electron chi connectivity index (χ2n) is 3.41. The molecule has 0 atom stereocenters. The third-order valence-electron chi connectivity index (χ3n) is 2.39. The summed E-state index contributed by atoms with van der Waals surface area (Å²) in [5.74, 6) is 1.29.